The fraction of sp³-hybridized carbons (Fsp3) is 0.385. The van der Waals surface area contributed by atoms with E-state index in [1.165, 1.54) is 12.1 Å². The molecule has 0 amide bonds. The van der Waals surface area contributed by atoms with Gasteiger partial charge in [0.1, 0.15) is 0 Å². The zero-order valence-corrected chi connectivity index (χ0v) is 9.91. The molecule has 0 spiro atoms. The van der Waals surface area contributed by atoms with Gasteiger partial charge in [-0.15, -0.1) is 0 Å². The quantitative estimate of drug-likeness (QED) is 0.721. The Labute approximate surface area is 99.9 Å². The zero-order valence-electron chi connectivity index (χ0n) is 9.91. The molecule has 0 atom stereocenters. The van der Waals surface area contributed by atoms with Crippen LogP contribution in [0.5, 0.6) is 0 Å². The maximum Gasteiger partial charge on any atom is 0.0718 e. The number of benzene rings is 1. The number of aryl methyl sites for hydroxylation is 1. The number of aromatic carboxylic acids is 2. The van der Waals surface area contributed by atoms with E-state index in [0.29, 0.717) is 17.5 Å². The summed E-state index contributed by atoms with van der Waals surface area (Å²) in [6.07, 6.45) is 1.99. The van der Waals surface area contributed by atoms with Gasteiger partial charge < -0.3 is 19.8 Å². The van der Waals surface area contributed by atoms with Crippen LogP contribution in [0.2, 0.25) is 0 Å². The van der Waals surface area contributed by atoms with Crippen molar-refractivity contribution in [2.24, 2.45) is 0 Å². The first-order chi connectivity index (χ1) is 7.97. The smallest absolute Gasteiger partial charge is 0.0718 e. The van der Waals surface area contributed by atoms with Gasteiger partial charge in [-0.25, -0.2) is 0 Å². The molecule has 0 fully saturated rings. The molecule has 0 heterocycles. The Bertz CT molecular complexity index is 414. The van der Waals surface area contributed by atoms with E-state index in [9.17, 15) is 19.8 Å². The molecule has 0 aliphatic heterocycles. The van der Waals surface area contributed by atoms with Crippen molar-refractivity contribution in [3.63, 3.8) is 0 Å². The molecule has 0 saturated carbocycles. The lowest BCUT2D eigenvalue weighted by Crippen LogP contribution is -2.28. The normalized spacial score (nSPS) is 10.2. The van der Waals surface area contributed by atoms with Gasteiger partial charge in [0, 0.05) is 11.1 Å². The second-order valence-corrected chi connectivity index (χ2v) is 4.02. The average molecular weight is 234 g/mol. The minimum Gasteiger partial charge on any atom is -0.545 e. The Morgan fingerprint density at radius 3 is 1.94 bits per heavy atom. The molecule has 1 aromatic carbocycles. The molecule has 0 radical (unpaired) electrons. The van der Waals surface area contributed by atoms with Crippen LogP contribution in [0.25, 0.3) is 0 Å². The van der Waals surface area contributed by atoms with Gasteiger partial charge in [0.25, 0.3) is 0 Å². The van der Waals surface area contributed by atoms with E-state index < -0.39 is 11.9 Å². The van der Waals surface area contributed by atoms with Gasteiger partial charge in [0.15, 0.2) is 0 Å². The predicted octanol–water partition coefficient (Wildman–Crippen LogP) is 0.0646. The third kappa shape index (κ3) is 3.06. The van der Waals surface area contributed by atoms with Gasteiger partial charge in [-0.1, -0.05) is 13.3 Å². The van der Waals surface area contributed by atoms with Crippen LogP contribution in [0.15, 0.2) is 12.1 Å². The molecule has 0 unspecified atom stereocenters. The molecule has 0 N–H and O–H groups in total. The molecule has 0 aliphatic rings. The van der Waals surface area contributed by atoms with Crippen LogP contribution in [0.1, 0.15) is 51.6 Å². The van der Waals surface area contributed by atoms with E-state index >= 15 is 0 Å². The second-order valence-electron chi connectivity index (χ2n) is 4.02. The standard InChI is InChI=1S/C13H16O4/c1-3-4-5-9-10(12(14)15)6-8(2)7-11(9)13(16)17/h6-7H,3-5H2,1-2H3,(H,14,15)(H,16,17)/p-2. The third-order valence-electron chi connectivity index (χ3n) is 2.61. The number of hydrogen-bond donors (Lipinski definition) is 0. The van der Waals surface area contributed by atoms with Crippen molar-refractivity contribution in [1.29, 1.82) is 0 Å². The summed E-state index contributed by atoms with van der Waals surface area (Å²) in [5.41, 5.74) is 0.788. The number of carboxylic acids is 2. The maximum absolute atomic E-state index is 11.0. The highest BCUT2D eigenvalue weighted by molar-refractivity contribution is 5.95. The van der Waals surface area contributed by atoms with Crippen LogP contribution in [0, 0.1) is 6.92 Å². The van der Waals surface area contributed by atoms with Crippen LogP contribution >= 0.6 is 0 Å². The zero-order chi connectivity index (χ0) is 13.0. The van der Waals surface area contributed by atoms with Crippen LogP contribution in [0.4, 0.5) is 0 Å². The number of carbonyl (C=O) groups is 2. The Morgan fingerprint density at radius 1 is 1.12 bits per heavy atom. The highest BCUT2D eigenvalue weighted by atomic mass is 16.4. The molecule has 0 aromatic heterocycles. The minimum absolute atomic E-state index is 0.0438. The minimum atomic E-state index is -1.35. The fourth-order valence-electron chi connectivity index (χ4n) is 1.80. The Hall–Kier alpha value is -1.84. The van der Waals surface area contributed by atoms with Crippen molar-refractivity contribution >= 4 is 11.9 Å². The summed E-state index contributed by atoms with van der Waals surface area (Å²) in [5.74, 6) is -2.69. The van der Waals surface area contributed by atoms with Gasteiger partial charge in [0.2, 0.25) is 0 Å². The van der Waals surface area contributed by atoms with Crippen molar-refractivity contribution < 1.29 is 19.8 Å². The van der Waals surface area contributed by atoms with E-state index in [4.69, 9.17) is 0 Å². The Balaban J connectivity index is 3.36. The summed E-state index contributed by atoms with van der Waals surface area (Å²) in [6, 6.07) is 2.87. The van der Waals surface area contributed by atoms with E-state index in [0.717, 1.165) is 12.8 Å². The van der Waals surface area contributed by atoms with E-state index in [2.05, 4.69) is 0 Å². The molecule has 4 heteroatoms. The SMILES string of the molecule is CCCCc1c(C(=O)[O-])cc(C)cc1C(=O)[O-]. The van der Waals surface area contributed by atoms with Gasteiger partial charge in [-0.2, -0.15) is 0 Å². The molecule has 0 bridgehead atoms. The monoisotopic (exact) mass is 234 g/mol. The molecule has 0 aliphatic carbocycles. The molecule has 1 rings (SSSR count). The van der Waals surface area contributed by atoms with Crippen molar-refractivity contribution in [3.8, 4) is 0 Å². The van der Waals surface area contributed by atoms with Crippen LogP contribution in [0.3, 0.4) is 0 Å². The summed E-state index contributed by atoms with van der Waals surface area (Å²) in [5, 5.41) is 22.0. The first-order valence-electron chi connectivity index (χ1n) is 5.53. The summed E-state index contributed by atoms with van der Waals surface area (Å²) in [7, 11) is 0. The van der Waals surface area contributed by atoms with Gasteiger partial charge in [-0.3, -0.25) is 0 Å². The molecule has 17 heavy (non-hydrogen) atoms. The summed E-state index contributed by atoms with van der Waals surface area (Å²) < 4.78 is 0. The Kier molecular flexibility index (Phi) is 4.26. The lowest BCUT2D eigenvalue weighted by atomic mass is 9.94. The largest absolute Gasteiger partial charge is 0.545 e. The number of hydrogen-bond acceptors (Lipinski definition) is 4. The maximum atomic E-state index is 11.0. The van der Waals surface area contributed by atoms with Gasteiger partial charge >= 0.3 is 0 Å². The molecule has 0 saturated heterocycles. The average Bonchev–Trinajstić information content (AvgIpc) is 2.26. The van der Waals surface area contributed by atoms with Crippen molar-refractivity contribution in [1.82, 2.24) is 0 Å². The van der Waals surface area contributed by atoms with E-state index in [1.54, 1.807) is 6.92 Å². The topological polar surface area (TPSA) is 80.3 Å². The number of unbranched alkanes of at least 4 members (excludes halogenated alkanes) is 1. The van der Waals surface area contributed by atoms with Crippen molar-refractivity contribution in [3.05, 3.63) is 34.4 Å². The number of carboxylic acid groups (broad SMARTS) is 2. The summed E-state index contributed by atoms with van der Waals surface area (Å²) >= 11 is 0. The Morgan fingerprint density at radius 2 is 1.59 bits per heavy atom. The summed E-state index contributed by atoms with van der Waals surface area (Å²) in [4.78, 5) is 22.0. The highest BCUT2D eigenvalue weighted by Gasteiger charge is 2.11. The molecule has 4 nitrogen and oxygen atoms in total. The first-order valence-corrected chi connectivity index (χ1v) is 5.53. The van der Waals surface area contributed by atoms with E-state index in [1.807, 2.05) is 6.92 Å². The van der Waals surface area contributed by atoms with Gasteiger partial charge in [0.05, 0.1) is 11.9 Å². The fourth-order valence-corrected chi connectivity index (χ4v) is 1.80. The second kappa shape index (κ2) is 5.48. The third-order valence-corrected chi connectivity index (χ3v) is 2.61. The van der Waals surface area contributed by atoms with Crippen LogP contribution in [-0.4, -0.2) is 11.9 Å². The van der Waals surface area contributed by atoms with Crippen molar-refractivity contribution in [2.75, 3.05) is 0 Å². The lowest BCUT2D eigenvalue weighted by molar-refractivity contribution is -0.255. The van der Waals surface area contributed by atoms with E-state index in [-0.39, 0.29) is 11.1 Å². The summed E-state index contributed by atoms with van der Waals surface area (Å²) in [6.45, 7) is 3.59. The molecule has 1 aromatic rings. The molecule has 92 valence electrons. The first kappa shape index (κ1) is 13.2. The number of carbonyl (C=O) groups excluding carboxylic acids is 2. The van der Waals surface area contributed by atoms with Gasteiger partial charge in [-0.05, 0) is 43.0 Å². The van der Waals surface area contributed by atoms with Crippen LogP contribution < -0.4 is 10.2 Å². The number of rotatable bonds is 5. The van der Waals surface area contributed by atoms with Crippen LogP contribution in [-0.2, 0) is 6.42 Å². The lowest BCUT2D eigenvalue weighted by Gasteiger charge is -2.17. The molecular formula is C13H14O4-2. The van der Waals surface area contributed by atoms with Crippen molar-refractivity contribution in [2.45, 2.75) is 33.1 Å². The molecular weight excluding hydrogens is 220 g/mol. The predicted molar refractivity (Wildman–Crippen MR) is 58.5 cm³/mol. The highest BCUT2D eigenvalue weighted by Crippen LogP contribution is 2.19.